The van der Waals surface area contributed by atoms with Crippen molar-refractivity contribution >= 4 is 23.3 Å². The predicted octanol–water partition coefficient (Wildman–Crippen LogP) is 2.80. The molecule has 3 rings (SSSR count). The summed E-state index contributed by atoms with van der Waals surface area (Å²) in [6, 6.07) is 4.51. The van der Waals surface area contributed by atoms with Crippen molar-refractivity contribution in [2.75, 3.05) is 24.6 Å². The van der Waals surface area contributed by atoms with Crippen LogP contribution in [0.25, 0.3) is 0 Å². The number of ether oxygens (including phenoxy) is 1. The molecular weight excluding hydrogens is 350 g/mol. The lowest BCUT2D eigenvalue weighted by molar-refractivity contribution is -0.384. The Hall–Kier alpha value is -2.64. The van der Waals surface area contributed by atoms with E-state index in [1.807, 2.05) is 4.90 Å². The van der Waals surface area contributed by atoms with Gasteiger partial charge in [-0.05, 0) is 44.2 Å². The van der Waals surface area contributed by atoms with E-state index in [-0.39, 0.29) is 29.8 Å². The van der Waals surface area contributed by atoms with E-state index in [0.29, 0.717) is 5.69 Å². The first-order chi connectivity index (χ1) is 13.0. The second-order valence-electron chi connectivity index (χ2n) is 7.13. The quantitative estimate of drug-likeness (QED) is 0.466. The fourth-order valence-electron chi connectivity index (χ4n) is 3.75. The number of nitrogens with zero attached hydrogens (tertiary/aromatic N) is 2. The highest BCUT2D eigenvalue weighted by molar-refractivity contribution is 5.93. The van der Waals surface area contributed by atoms with Gasteiger partial charge in [0.1, 0.15) is 5.69 Å². The number of carbonyl (C=O) groups is 2. The van der Waals surface area contributed by atoms with Gasteiger partial charge in [-0.15, -0.1) is 0 Å². The third kappa shape index (κ3) is 4.96. The van der Waals surface area contributed by atoms with Crippen LogP contribution in [0.1, 0.15) is 55.3 Å². The number of amides is 1. The van der Waals surface area contributed by atoms with Crippen molar-refractivity contribution in [1.29, 1.82) is 0 Å². The normalized spacial score (nSPS) is 17.6. The molecule has 0 unspecified atom stereocenters. The van der Waals surface area contributed by atoms with Gasteiger partial charge >= 0.3 is 5.97 Å². The first-order valence-electron chi connectivity index (χ1n) is 9.54. The van der Waals surface area contributed by atoms with E-state index in [2.05, 4.69) is 5.32 Å². The van der Waals surface area contributed by atoms with Crippen molar-refractivity contribution in [2.45, 2.75) is 51.0 Å². The molecule has 1 N–H and O–H groups in total. The SMILES string of the molecule is O=C(COC(=O)c1ccc(N2CCCCC2)c([N+](=O)[O-])c1)NC1CCCC1. The summed E-state index contributed by atoms with van der Waals surface area (Å²) in [5.41, 5.74) is 0.494. The van der Waals surface area contributed by atoms with Crippen molar-refractivity contribution in [2.24, 2.45) is 0 Å². The van der Waals surface area contributed by atoms with E-state index in [1.54, 1.807) is 6.07 Å². The monoisotopic (exact) mass is 375 g/mol. The molecule has 1 aromatic carbocycles. The van der Waals surface area contributed by atoms with Crippen LogP contribution in [0.2, 0.25) is 0 Å². The van der Waals surface area contributed by atoms with Crippen LogP contribution in [-0.2, 0) is 9.53 Å². The van der Waals surface area contributed by atoms with Crippen LogP contribution in [0, 0.1) is 10.1 Å². The third-order valence-corrected chi connectivity index (χ3v) is 5.16. The zero-order chi connectivity index (χ0) is 19.2. The van der Waals surface area contributed by atoms with E-state index in [9.17, 15) is 19.7 Å². The number of carbonyl (C=O) groups excluding carboxylic acids is 2. The highest BCUT2D eigenvalue weighted by Gasteiger charge is 2.24. The summed E-state index contributed by atoms with van der Waals surface area (Å²) < 4.78 is 5.03. The molecule has 0 bridgehead atoms. The molecule has 27 heavy (non-hydrogen) atoms. The van der Waals surface area contributed by atoms with Gasteiger partial charge in [0.2, 0.25) is 0 Å². The third-order valence-electron chi connectivity index (χ3n) is 5.16. The highest BCUT2D eigenvalue weighted by atomic mass is 16.6. The Balaban J connectivity index is 1.62. The van der Waals surface area contributed by atoms with E-state index in [4.69, 9.17) is 4.74 Å². The van der Waals surface area contributed by atoms with Gasteiger partial charge in [-0.1, -0.05) is 12.8 Å². The zero-order valence-corrected chi connectivity index (χ0v) is 15.3. The number of hydrogen-bond acceptors (Lipinski definition) is 6. The van der Waals surface area contributed by atoms with Crippen LogP contribution >= 0.6 is 0 Å². The van der Waals surface area contributed by atoms with E-state index in [1.165, 1.54) is 12.1 Å². The number of nitrogens with one attached hydrogen (secondary N) is 1. The smallest absolute Gasteiger partial charge is 0.338 e. The largest absolute Gasteiger partial charge is 0.452 e. The second kappa shape index (κ2) is 8.83. The van der Waals surface area contributed by atoms with Gasteiger partial charge in [0, 0.05) is 25.2 Å². The average Bonchev–Trinajstić information content (AvgIpc) is 3.19. The standard InChI is InChI=1S/C19H25N3O5/c23-18(20-15-6-2-3-7-15)13-27-19(24)14-8-9-16(17(12-14)22(25)26)21-10-4-1-5-11-21/h8-9,12,15H,1-7,10-11,13H2,(H,20,23). The molecule has 0 aromatic heterocycles. The number of benzene rings is 1. The summed E-state index contributed by atoms with van der Waals surface area (Å²) >= 11 is 0. The minimum Gasteiger partial charge on any atom is -0.452 e. The van der Waals surface area contributed by atoms with Gasteiger partial charge in [0.05, 0.1) is 10.5 Å². The van der Waals surface area contributed by atoms with Gasteiger partial charge < -0.3 is 15.0 Å². The van der Waals surface area contributed by atoms with E-state index in [0.717, 1.165) is 58.0 Å². The summed E-state index contributed by atoms with van der Waals surface area (Å²) in [6.07, 6.45) is 7.20. The second-order valence-corrected chi connectivity index (χ2v) is 7.13. The Kier molecular flexibility index (Phi) is 6.26. The predicted molar refractivity (Wildman–Crippen MR) is 99.8 cm³/mol. The average molecular weight is 375 g/mol. The molecule has 146 valence electrons. The topological polar surface area (TPSA) is 102 Å². The fourth-order valence-corrected chi connectivity index (χ4v) is 3.75. The molecular formula is C19H25N3O5. The molecule has 0 radical (unpaired) electrons. The van der Waals surface area contributed by atoms with Crippen molar-refractivity contribution in [3.63, 3.8) is 0 Å². The van der Waals surface area contributed by atoms with Gasteiger partial charge in [0.25, 0.3) is 11.6 Å². The van der Waals surface area contributed by atoms with Gasteiger partial charge in [0.15, 0.2) is 6.61 Å². The Morgan fingerprint density at radius 2 is 1.85 bits per heavy atom. The molecule has 1 aliphatic carbocycles. The van der Waals surface area contributed by atoms with Crippen LogP contribution in [0.3, 0.4) is 0 Å². The summed E-state index contributed by atoms with van der Waals surface area (Å²) in [4.78, 5) is 37.0. The molecule has 2 aliphatic rings. The number of hydrogen-bond donors (Lipinski definition) is 1. The fraction of sp³-hybridized carbons (Fsp3) is 0.579. The van der Waals surface area contributed by atoms with Gasteiger partial charge in [-0.25, -0.2) is 4.79 Å². The molecule has 1 aromatic rings. The Bertz CT molecular complexity index is 709. The number of nitro groups is 1. The molecule has 1 heterocycles. The van der Waals surface area contributed by atoms with Crippen molar-refractivity contribution < 1.29 is 19.2 Å². The summed E-state index contributed by atoms with van der Waals surface area (Å²) in [6.45, 7) is 1.16. The van der Waals surface area contributed by atoms with Crippen molar-refractivity contribution in [3.05, 3.63) is 33.9 Å². The first kappa shape index (κ1) is 19.1. The number of piperidine rings is 1. The number of rotatable bonds is 6. The van der Waals surface area contributed by atoms with Gasteiger partial charge in [-0.3, -0.25) is 14.9 Å². The van der Waals surface area contributed by atoms with Crippen molar-refractivity contribution in [1.82, 2.24) is 5.32 Å². The van der Waals surface area contributed by atoms with Crippen molar-refractivity contribution in [3.8, 4) is 0 Å². The first-order valence-corrected chi connectivity index (χ1v) is 9.54. The van der Waals surface area contributed by atoms with Crippen LogP contribution in [0.5, 0.6) is 0 Å². The lowest BCUT2D eigenvalue weighted by atomic mass is 10.1. The molecule has 8 nitrogen and oxygen atoms in total. The highest BCUT2D eigenvalue weighted by Crippen LogP contribution is 2.31. The van der Waals surface area contributed by atoms with Gasteiger partial charge in [-0.2, -0.15) is 0 Å². The molecule has 0 atom stereocenters. The minimum absolute atomic E-state index is 0.0797. The number of nitro benzene ring substituents is 1. The molecule has 1 saturated carbocycles. The maximum atomic E-state index is 12.2. The molecule has 2 fully saturated rings. The summed E-state index contributed by atoms with van der Waals surface area (Å²) in [5.74, 6) is -1.07. The maximum absolute atomic E-state index is 12.2. The lowest BCUT2D eigenvalue weighted by Gasteiger charge is -2.28. The molecule has 1 aliphatic heterocycles. The van der Waals surface area contributed by atoms with Crippen LogP contribution in [0.15, 0.2) is 18.2 Å². The van der Waals surface area contributed by atoms with Crippen LogP contribution < -0.4 is 10.2 Å². The van der Waals surface area contributed by atoms with E-state index >= 15 is 0 Å². The minimum atomic E-state index is -0.732. The summed E-state index contributed by atoms with van der Waals surface area (Å²) in [7, 11) is 0. The number of anilines is 1. The molecule has 8 heteroatoms. The van der Waals surface area contributed by atoms with Crippen LogP contribution in [-0.4, -0.2) is 42.5 Å². The molecule has 0 spiro atoms. The Morgan fingerprint density at radius 1 is 1.15 bits per heavy atom. The molecule has 1 amide bonds. The lowest BCUT2D eigenvalue weighted by Crippen LogP contribution is -2.35. The Labute approximate surface area is 158 Å². The van der Waals surface area contributed by atoms with Crippen LogP contribution in [0.4, 0.5) is 11.4 Å². The number of esters is 1. The van der Waals surface area contributed by atoms with E-state index < -0.39 is 10.9 Å². The maximum Gasteiger partial charge on any atom is 0.338 e. The zero-order valence-electron chi connectivity index (χ0n) is 15.3. The Morgan fingerprint density at radius 3 is 2.52 bits per heavy atom. The molecule has 1 saturated heterocycles. The summed E-state index contributed by atoms with van der Waals surface area (Å²) in [5, 5.41) is 14.3.